The van der Waals surface area contributed by atoms with Crippen LogP contribution in [0.2, 0.25) is 0 Å². The Bertz CT molecular complexity index is 277. The lowest BCUT2D eigenvalue weighted by atomic mass is 10.3. The zero-order valence-corrected chi connectivity index (χ0v) is 9.84. The molecule has 0 fully saturated rings. The molecule has 0 radical (unpaired) electrons. The number of nitrogens with one attached hydrogen (secondary N) is 1. The van der Waals surface area contributed by atoms with Gasteiger partial charge < -0.3 is 5.32 Å². The summed E-state index contributed by atoms with van der Waals surface area (Å²) in [5.41, 5.74) is 0.916. The Kier molecular flexibility index (Phi) is 7.24. The van der Waals surface area contributed by atoms with E-state index in [0.29, 0.717) is 12.3 Å². The van der Waals surface area contributed by atoms with Gasteiger partial charge in [-0.15, -0.1) is 0 Å². The third-order valence-corrected chi connectivity index (χ3v) is 1.78. The topological polar surface area (TPSA) is 41.5 Å². The Morgan fingerprint density at radius 1 is 1.47 bits per heavy atom. The van der Waals surface area contributed by atoms with E-state index in [1.807, 2.05) is 19.9 Å². The lowest BCUT2D eigenvalue weighted by Crippen LogP contribution is -2.27. The molecule has 0 aromatic heterocycles. The van der Waals surface area contributed by atoms with Crippen LogP contribution in [0.5, 0.6) is 0 Å². The molecule has 0 bridgehead atoms. The van der Waals surface area contributed by atoms with Crippen LogP contribution in [-0.2, 0) is 4.79 Å². The summed E-state index contributed by atoms with van der Waals surface area (Å²) in [5.74, 6) is 0.663. The Balaban J connectivity index is 4.35. The summed E-state index contributed by atoms with van der Waals surface area (Å²) in [6, 6.07) is 0. The van der Waals surface area contributed by atoms with Crippen LogP contribution < -0.4 is 5.32 Å². The Morgan fingerprint density at radius 3 is 2.60 bits per heavy atom. The first kappa shape index (κ1) is 13.6. The van der Waals surface area contributed by atoms with E-state index in [-0.39, 0.29) is 5.91 Å². The molecule has 0 spiro atoms. The first-order chi connectivity index (χ1) is 7.13. The highest BCUT2D eigenvalue weighted by atomic mass is 16.1. The maximum Gasteiger partial charge on any atom is 0.225 e. The van der Waals surface area contributed by atoms with Crippen LogP contribution in [0.25, 0.3) is 0 Å². The number of nitrogens with zero attached hydrogens (tertiary/aromatic N) is 1. The van der Waals surface area contributed by atoms with Gasteiger partial charge in [-0.1, -0.05) is 26.5 Å². The van der Waals surface area contributed by atoms with Gasteiger partial charge in [0.1, 0.15) is 5.84 Å². The molecule has 0 unspecified atom stereocenters. The third-order valence-electron chi connectivity index (χ3n) is 1.78. The summed E-state index contributed by atoms with van der Waals surface area (Å²) >= 11 is 0. The van der Waals surface area contributed by atoms with Crippen LogP contribution in [-0.4, -0.2) is 11.7 Å². The molecule has 0 saturated carbocycles. The van der Waals surface area contributed by atoms with Gasteiger partial charge in [-0.2, -0.15) is 0 Å². The van der Waals surface area contributed by atoms with Gasteiger partial charge in [0.25, 0.3) is 0 Å². The van der Waals surface area contributed by atoms with Gasteiger partial charge in [0.2, 0.25) is 5.91 Å². The van der Waals surface area contributed by atoms with Gasteiger partial charge in [-0.25, -0.2) is 4.99 Å². The van der Waals surface area contributed by atoms with Gasteiger partial charge >= 0.3 is 0 Å². The van der Waals surface area contributed by atoms with Gasteiger partial charge in [0.05, 0.1) is 0 Å². The maximum absolute atomic E-state index is 11.2. The minimum Gasteiger partial charge on any atom is -0.314 e. The first-order valence-corrected chi connectivity index (χ1v) is 5.30. The molecule has 0 rings (SSSR count). The van der Waals surface area contributed by atoms with Crippen molar-refractivity contribution in [3.05, 3.63) is 24.4 Å². The molecule has 0 heterocycles. The van der Waals surface area contributed by atoms with Crippen molar-refractivity contribution in [3.8, 4) is 0 Å². The smallest absolute Gasteiger partial charge is 0.225 e. The van der Waals surface area contributed by atoms with E-state index in [4.69, 9.17) is 0 Å². The van der Waals surface area contributed by atoms with Crippen LogP contribution in [0.1, 0.15) is 40.0 Å². The SMILES string of the molecule is C=C/C=C(CC)\N=C(/C)NC(=O)CCC. The monoisotopic (exact) mass is 208 g/mol. The molecule has 0 aliphatic heterocycles. The van der Waals surface area contributed by atoms with E-state index in [2.05, 4.69) is 16.9 Å². The van der Waals surface area contributed by atoms with Crippen molar-refractivity contribution in [2.24, 2.45) is 4.99 Å². The normalized spacial score (nSPS) is 12.5. The Morgan fingerprint density at radius 2 is 2.13 bits per heavy atom. The predicted molar refractivity (Wildman–Crippen MR) is 64.7 cm³/mol. The highest BCUT2D eigenvalue weighted by Gasteiger charge is 2.00. The summed E-state index contributed by atoms with van der Waals surface area (Å²) in [4.78, 5) is 15.5. The van der Waals surface area contributed by atoms with E-state index >= 15 is 0 Å². The van der Waals surface area contributed by atoms with Crippen molar-refractivity contribution in [2.75, 3.05) is 0 Å². The molecule has 0 saturated heterocycles. The molecular weight excluding hydrogens is 188 g/mol. The molecule has 3 nitrogen and oxygen atoms in total. The number of amides is 1. The average Bonchev–Trinajstić information content (AvgIpc) is 2.17. The van der Waals surface area contributed by atoms with Gasteiger partial charge in [0, 0.05) is 12.1 Å². The zero-order valence-electron chi connectivity index (χ0n) is 9.84. The van der Waals surface area contributed by atoms with E-state index in [1.54, 1.807) is 13.0 Å². The van der Waals surface area contributed by atoms with Crippen molar-refractivity contribution in [1.82, 2.24) is 5.32 Å². The van der Waals surface area contributed by atoms with E-state index in [9.17, 15) is 4.79 Å². The summed E-state index contributed by atoms with van der Waals surface area (Å²) in [5, 5.41) is 2.74. The number of amidine groups is 1. The Hall–Kier alpha value is -1.38. The fraction of sp³-hybridized carbons (Fsp3) is 0.500. The van der Waals surface area contributed by atoms with Crippen LogP contribution in [0, 0.1) is 0 Å². The molecule has 0 aromatic carbocycles. The number of hydrogen-bond donors (Lipinski definition) is 1. The second kappa shape index (κ2) is 7.97. The van der Waals surface area contributed by atoms with Crippen LogP contribution in [0.3, 0.4) is 0 Å². The number of rotatable bonds is 5. The van der Waals surface area contributed by atoms with Crippen molar-refractivity contribution in [1.29, 1.82) is 0 Å². The van der Waals surface area contributed by atoms with E-state index < -0.39 is 0 Å². The molecule has 15 heavy (non-hydrogen) atoms. The average molecular weight is 208 g/mol. The largest absolute Gasteiger partial charge is 0.314 e. The van der Waals surface area contributed by atoms with Gasteiger partial charge in [-0.05, 0) is 25.8 Å². The minimum atomic E-state index is 0.0211. The molecule has 0 aromatic rings. The van der Waals surface area contributed by atoms with E-state index in [0.717, 1.165) is 18.5 Å². The second-order valence-corrected chi connectivity index (χ2v) is 3.24. The lowest BCUT2D eigenvalue weighted by molar-refractivity contribution is -0.119. The van der Waals surface area contributed by atoms with Crippen molar-refractivity contribution < 1.29 is 4.79 Å². The number of hydrogen-bond acceptors (Lipinski definition) is 2. The molecule has 84 valence electrons. The number of allylic oxidation sites excluding steroid dienone is 3. The predicted octanol–water partition coefficient (Wildman–Crippen LogP) is 2.80. The second-order valence-electron chi connectivity index (χ2n) is 3.24. The highest BCUT2D eigenvalue weighted by molar-refractivity contribution is 5.97. The summed E-state index contributed by atoms with van der Waals surface area (Å²) in [6.07, 6.45) is 5.76. The molecule has 3 heteroatoms. The van der Waals surface area contributed by atoms with Crippen LogP contribution >= 0.6 is 0 Å². The number of carbonyl (C=O) groups is 1. The molecular formula is C12H20N2O. The van der Waals surface area contributed by atoms with Crippen molar-refractivity contribution >= 4 is 11.7 Å². The van der Waals surface area contributed by atoms with Gasteiger partial charge in [0.15, 0.2) is 0 Å². The summed E-state index contributed by atoms with van der Waals surface area (Å²) in [7, 11) is 0. The third kappa shape index (κ3) is 6.66. The Labute approximate surface area is 92.0 Å². The van der Waals surface area contributed by atoms with Crippen LogP contribution in [0.4, 0.5) is 0 Å². The maximum atomic E-state index is 11.2. The zero-order chi connectivity index (χ0) is 11.7. The van der Waals surface area contributed by atoms with E-state index in [1.165, 1.54) is 0 Å². The first-order valence-electron chi connectivity index (χ1n) is 5.30. The number of aliphatic imine (C=N–C) groups is 1. The highest BCUT2D eigenvalue weighted by Crippen LogP contribution is 2.02. The van der Waals surface area contributed by atoms with Crippen molar-refractivity contribution in [2.45, 2.75) is 40.0 Å². The molecule has 0 aliphatic carbocycles. The molecule has 0 atom stereocenters. The fourth-order valence-corrected chi connectivity index (χ4v) is 1.10. The molecule has 1 N–H and O–H groups in total. The quantitative estimate of drug-likeness (QED) is 0.421. The van der Waals surface area contributed by atoms with Crippen molar-refractivity contribution in [3.63, 3.8) is 0 Å². The lowest BCUT2D eigenvalue weighted by Gasteiger charge is -2.04. The van der Waals surface area contributed by atoms with Crippen LogP contribution in [0.15, 0.2) is 29.4 Å². The van der Waals surface area contributed by atoms with Gasteiger partial charge in [-0.3, -0.25) is 4.79 Å². The molecule has 0 aliphatic rings. The summed E-state index contributed by atoms with van der Waals surface area (Å²) in [6.45, 7) is 9.39. The molecule has 1 amide bonds. The fourth-order valence-electron chi connectivity index (χ4n) is 1.10. The number of carbonyl (C=O) groups excluding carboxylic acids is 1. The standard InChI is InChI=1S/C12H20N2O/c1-5-8-11(7-3)13-10(4)14-12(15)9-6-2/h5,8H,1,6-7,9H2,2-4H3,(H,13,14,15)/b11-8-. The summed E-state index contributed by atoms with van der Waals surface area (Å²) < 4.78 is 0. The minimum absolute atomic E-state index is 0.0211.